The van der Waals surface area contributed by atoms with E-state index in [0.717, 1.165) is 12.0 Å². The highest BCUT2D eigenvalue weighted by atomic mass is 19.1. The normalized spacial score (nSPS) is 18.0. The Hall–Kier alpha value is -3.30. The number of nitrogens with one attached hydrogen (secondary N) is 4. The largest absolute Gasteiger partial charge is 0.356 e. The summed E-state index contributed by atoms with van der Waals surface area (Å²) in [6.07, 6.45) is 3.96. The van der Waals surface area contributed by atoms with Crippen molar-refractivity contribution < 1.29 is 28.0 Å². The van der Waals surface area contributed by atoms with Gasteiger partial charge in [-0.15, -0.1) is 0 Å². The summed E-state index contributed by atoms with van der Waals surface area (Å²) in [5.41, 5.74) is -0.0550. The number of rotatable bonds is 8. The monoisotopic (exact) mass is 476 g/mol. The molecule has 10 heteroatoms. The van der Waals surface area contributed by atoms with Gasteiger partial charge in [0.2, 0.25) is 11.8 Å². The number of hydrogen-bond acceptors (Lipinski definition) is 4. The van der Waals surface area contributed by atoms with Crippen LogP contribution in [-0.2, 0) is 14.4 Å². The Bertz CT molecular complexity index is 1080. The van der Waals surface area contributed by atoms with Gasteiger partial charge in [0, 0.05) is 30.3 Å². The number of halogens is 2. The minimum atomic E-state index is -0.835. The molecule has 1 saturated carbocycles. The van der Waals surface area contributed by atoms with Crippen LogP contribution in [0.2, 0.25) is 0 Å². The van der Waals surface area contributed by atoms with Crippen LogP contribution < -0.4 is 16.0 Å². The van der Waals surface area contributed by atoms with Crippen molar-refractivity contribution in [2.24, 2.45) is 11.8 Å². The summed E-state index contributed by atoms with van der Waals surface area (Å²) in [7, 11) is 0. The molecule has 1 aliphatic heterocycles. The van der Waals surface area contributed by atoms with Crippen LogP contribution in [0.5, 0.6) is 0 Å². The van der Waals surface area contributed by atoms with Crippen LogP contribution in [-0.4, -0.2) is 47.6 Å². The van der Waals surface area contributed by atoms with E-state index in [-0.39, 0.29) is 47.0 Å². The number of hydrogen-bond donors (Lipinski definition) is 4. The summed E-state index contributed by atoms with van der Waals surface area (Å²) in [4.78, 5) is 51.0. The molecule has 3 amide bonds. The molecular weight excluding hydrogens is 446 g/mol. The van der Waals surface area contributed by atoms with Crippen LogP contribution in [0.25, 0.3) is 10.9 Å². The molecule has 0 unspecified atom stereocenters. The third-order valence-corrected chi connectivity index (χ3v) is 5.92. The number of Topliss-reactive ketones (excluding diaryl/α,β-unsaturated/α-hetero) is 1. The highest BCUT2D eigenvalue weighted by Crippen LogP contribution is 2.26. The van der Waals surface area contributed by atoms with Gasteiger partial charge in [0.25, 0.3) is 5.91 Å². The Morgan fingerprint density at radius 2 is 1.85 bits per heavy atom. The fourth-order valence-corrected chi connectivity index (χ4v) is 3.63. The standard InChI is InChI=1S/C20H22F2N4O4.C4H8/c1-2-16(27)14(6-10-3-4-23-19(10)29)25-17(28)9-24-20(30)15-7-11-5-12(21)8-13(22)18(11)26-15;1-4-2-3-4/h5,7-8,10,14,26H,2-4,6,9H2,1H3,(H,23,29)(H,24,30)(H,25,28);4H,2-3H2,1H3/t10-,14-;/m0./s1. The molecule has 4 N–H and O–H groups in total. The van der Waals surface area contributed by atoms with Crippen LogP contribution in [0.1, 0.15) is 56.4 Å². The number of benzene rings is 1. The maximum absolute atomic E-state index is 13.8. The Morgan fingerprint density at radius 3 is 2.44 bits per heavy atom. The first-order valence-corrected chi connectivity index (χ1v) is 11.5. The number of amides is 3. The zero-order valence-electron chi connectivity index (χ0n) is 19.3. The van der Waals surface area contributed by atoms with Crippen molar-refractivity contribution in [3.05, 3.63) is 35.5 Å². The van der Waals surface area contributed by atoms with E-state index in [1.165, 1.54) is 18.9 Å². The average molecular weight is 477 g/mol. The molecule has 184 valence electrons. The van der Waals surface area contributed by atoms with Gasteiger partial charge in [0.15, 0.2) is 5.78 Å². The van der Waals surface area contributed by atoms with Crippen LogP contribution in [0.15, 0.2) is 18.2 Å². The minimum absolute atomic E-state index is 0.0190. The zero-order chi connectivity index (χ0) is 24.8. The van der Waals surface area contributed by atoms with Gasteiger partial charge in [0.05, 0.1) is 18.1 Å². The molecule has 1 aliphatic carbocycles. The van der Waals surface area contributed by atoms with E-state index in [4.69, 9.17) is 0 Å². The van der Waals surface area contributed by atoms with Crippen molar-refractivity contribution in [3.63, 3.8) is 0 Å². The van der Waals surface area contributed by atoms with Gasteiger partial charge in [0.1, 0.15) is 17.3 Å². The quantitative estimate of drug-likeness (QED) is 0.468. The Morgan fingerprint density at radius 1 is 1.15 bits per heavy atom. The first-order valence-electron chi connectivity index (χ1n) is 11.5. The molecule has 34 heavy (non-hydrogen) atoms. The predicted octanol–water partition coefficient (Wildman–Crippen LogP) is 2.58. The van der Waals surface area contributed by atoms with E-state index in [2.05, 4.69) is 27.9 Å². The lowest BCUT2D eigenvalue weighted by Crippen LogP contribution is -2.46. The highest BCUT2D eigenvalue weighted by Gasteiger charge is 2.30. The second-order valence-corrected chi connectivity index (χ2v) is 8.85. The molecule has 2 aromatic rings. The smallest absolute Gasteiger partial charge is 0.268 e. The first kappa shape index (κ1) is 25.3. The number of carbonyl (C=O) groups excluding carboxylic acids is 4. The van der Waals surface area contributed by atoms with Gasteiger partial charge in [-0.3, -0.25) is 19.2 Å². The van der Waals surface area contributed by atoms with Crippen LogP contribution >= 0.6 is 0 Å². The van der Waals surface area contributed by atoms with E-state index in [1.807, 2.05) is 0 Å². The minimum Gasteiger partial charge on any atom is -0.356 e. The number of aromatic nitrogens is 1. The molecule has 1 saturated heterocycles. The van der Waals surface area contributed by atoms with Gasteiger partial charge in [-0.2, -0.15) is 0 Å². The lowest BCUT2D eigenvalue weighted by molar-refractivity contribution is -0.128. The number of H-pyrrole nitrogens is 1. The van der Waals surface area contributed by atoms with Gasteiger partial charge in [-0.05, 0) is 30.9 Å². The van der Waals surface area contributed by atoms with Gasteiger partial charge in [-0.1, -0.05) is 26.7 Å². The van der Waals surface area contributed by atoms with Crippen LogP contribution in [0.4, 0.5) is 8.78 Å². The molecule has 0 bridgehead atoms. The van der Waals surface area contributed by atoms with E-state index >= 15 is 0 Å². The topological polar surface area (TPSA) is 120 Å². The number of ketones is 1. The van der Waals surface area contributed by atoms with Crippen molar-refractivity contribution in [2.75, 3.05) is 13.1 Å². The van der Waals surface area contributed by atoms with Crippen LogP contribution in [0, 0.1) is 23.5 Å². The average Bonchev–Trinajstić information content (AvgIpc) is 3.28. The number of carbonyl (C=O) groups is 4. The highest BCUT2D eigenvalue weighted by molar-refractivity contribution is 6.00. The Labute approximate surface area is 196 Å². The lowest BCUT2D eigenvalue weighted by Gasteiger charge is -2.19. The maximum atomic E-state index is 13.8. The van der Waals surface area contributed by atoms with Gasteiger partial charge in [-0.25, -0.2) is 8.78 Å². The summed E-state index contributed by atoms with van der Waals surface area (Å²) in [5, 5.41) is 7.81. The van der Waals surface area contributed by atoms with E-state index in [9.17, 15) is 28.0 Å². The van der Waals surface area contributed by atoms with Crippen molar-refractivity contribution in [1.82, 2.24) is 20.9 Å². The summed E-state index contributed by atoms with van der Waals surface area (Å²) < 4.78 is 27.0. The molecule has 4 rings (SSSR count). The Balaban J connectivity index is 0.000000732. The van der Waals surface area contributed by atoms with Crippen molar-refractivity contribution >= 4 is 34.4 Å². The molecule has 2 fully saturated rings. The lowest BCUT2D eigenvalue weighted by atomic mass is 9.95. The molecule has 2 heterocycles. The van der Waals surface area contributed by atoms with Crippen molar-refractivity contribution in [2.45, 2.75) is 52.0 Å². The summed E-state index contributed by atoms with van der Waals surface area (Å²) in [6, 6.07) is 2.23. The second kappa shape index (κ2) is 11.2. The summed E-state index contributed by atoms with van der Waals surface area (Å²) in [6.45, 7) is 4.06. The van der Waals surface area contributed by atoms with E-state index in [0.29, 0.717) is 19.0 Å². The van der Waals surface area contributed by atoms with Crippen molar-refractivity contribution in [1.29, 1.82) is 0 Å². The fraction of sp³-hybridized carbons (Fsp3) is 0.500. The molecule has 0 radical (unpaired) electrons. The van der Waals surface area contributed by atoms with Gasteiger partial charge >= 0.3 is 0 Å². The molecular formula is C24H30F2N4O4. The molecule has 1 aromatic carbocycles. The number of aromatic amines is 1. The summed E-state index contributed by atoms with van der Waals surface area (Å²) in [5.74, 6) is -2.50. The maximum Gasteiger partial charge on any atom is 0.268 e. The predicted molar refractivity (Wildman–Crippen MR) is 122 cm³/mol. The molecule has 8 nitrogen and oxygen atoms in total. The third kappa shape index (κ3) is 6.85. The first-order chi connectivity index (χ1) is 16.2. The third-order valence-electron chi connectivity index (χ3n) is 5.92. The fourth-order valence-electron chi connectivity index (χ4n) is 3.63. The molecule has 2 aliphatic rings. The molecule has 0 spiro atoms. The number of fused-ring (bicyclic) bond motifs is 1. The zero-order valence-corrected chi connectivity index (χ0v) is 19.3. The van der Waals surface area contributed by atoms with Crippen LogP contribution in [0.3, 0.4) is 0 Å². The van der Waals surface area contributed by atoms with Gasteiger partial charge < -0.3 is 20.9 Å². The van der Waals surface area contributed by atoms with Crippen molar-refractivity contribution in [3.8, 4) is 0 Å². The SMILES string of the molecule is CC1CC1.CCC(=O)[C@H](C[C@@H]1CCNC1=O)NC(=O)CNC(=O)c1cc2cc(F)cc(F)c2[nH]1. The Kier molecular flexibility index (Phi) is 8.36. The molecule has 1 aromatic heterocycles. The van der Waals surface area contributed by atoms with E-state index in [1.54, 1.807) is 6.92 Å². The second-order valence-electron chi connectivity index (χ2n) is 8.85. The van der Waals surface area contributed by atoms with E-state index < -0.39 is 36.0 Å². The molecule has 2 atom stereocenters. The summed E-state index contributed by atoms with van der Waals surface area (Å²) >= 11 is 0.